The van der Waals surface area contributed by atoms with Gasteiger partial charge in [-0.25, -0.2) is 13.1 Å². The number of aryl methyl sites for hydroxylation is 1. The van der Waals surface area contributed by atoms with Crippen LogP contribution in [0.2, 0.25) is 0 Å². The van der Waals surface area contributed by atoms with Gasteiger partial charge in [0.15, 0.2) is 6.61 Å². The van der Waals surface area contributed by atoms with E-state index in [-0.39, 0.29) is 24.0 Å². The summed E-state index contributed by atoms with van der Waals surface area (Å²) in [5.74, 6) is 0.349. The first-order valence-corrected chi connectivity index (χ1v) is 12.5. The summed E-state index contributed by atoms with van der Waals surface area (Å²) in [6, 6.07) is 19.8. The maximum absolute atomic E-state index is 12.7. The molecule has 1 aliphatic rings. The zero-order valence-corrected chi connectivity index (χ0v) is 19.9. The van der Waals surface area contributed by atoms with Crippen molar-refractivity contribution >= 4 is 37.5 Å². The van der Waals surface area contributed by atoms with Gasteiger partial charge in [0.05, 0.1) is 4.90 Å². The van der Waals surface area contributed by atoms with Crippen molar-refractivity contribution in [3.63, 3.8) is 0 Å². The van der Waals surface area contributed by atoms with Gasteiger partial charge in [-0.2, -0.15) is 0 Å². The Bertz CT molecular complexity index is 1250. The van der Waals surface area contributed by atoms with E-state index in [1.54, 1.807) is 24.0 Å². The number of hydrogen-bond acceptors (Lipinski definition) is 4. The van der Waals surface area contributed by atoms with Crippen molar-refractivity contribution in [3.05, 3.63) is 87.9 Å². The summed E-state index contributed by atoms with van der Waals surface area (Å²) >= 11 is 3.46. The summed E-state index contributed by atoms with van der Waals surface area (Å²) in [7, 11) is -3.66. The number of fused-ring (bicyclic) bond motifs is 1. The molecule has 0 saturated heterocycles. The molecule has 0 unspecified atom stereocenters. The Morgan fingerprint density at radius 3 is 2.62 bits per heavy atom. The average molecular weight is 515 g/mol. The summed E-state index contributed by atoms with van der Waals surface area (Å²) in [4.78, 5) is 14.6. The zero-order chi connectivity index (χ0) is 22.7. The average Bonchev–Trinajstić information content (AvgIpc) is 3.20. The highest BCUT2D eigenvalue weighted by atomic mass is 79.9. The quantitative estimate of drug-likeness (QED) is 0.512. The summed E-state index contributed by atoms with van der Waals surface area (Å²) in [6.45, 7) is 2.48. The first-order chi connectivity index (χ1) is 15.3. The van der Waals surface area contributed by atoms with Crippen LogP contribution >= 0.6 is 15.9 Å². The van der Waals surface area contributed by atoms with Gasteiger partial charge in [0.25, 0.3) is 5.91 Å². The minimum Gasteiger partial charge on any atom is -0.483 e. The summed E-state index contributed by atoms with van der Waals surface area (Å²) in [5.41, 5.74) is 3.55. The fourth-order valence-corrected chi connectivity index (χ4v) is 5.17. The normalized spacial score (nSPS) is 13.1. The van der Waals surface area contributed by atoms with Gasteiger partial charge in [-0.15, -0.1) is 0 Å². The number of carbonyl (C=O) groups is 1. The smallest absolute Gasteiger partial charge is 0.264 e. The molecule has 6 nitrogen and oxygen atoms in total. The Morgan fingerprint density at radius 2 is 1.88 bits per heavy atom. The van der Waals surface area contributed by atoms with E-state index >= 15 is 0 Å². The van der Waals surface area contributed by atoms with E-state index in [0.29, 0.717) is 17.9 Å². The number of carbonyl (C=O) groups excluding carboxylic acids is 1. The minimum atomic E-state index is -3.66. The molecule has 0 radical (unpaired) electrons. The molecule has 8 heteroatoms. The van der Waals surface area contributed by atoms with Gasteiger partial charge in [-0.3, -0.25) is 4.79 Å². The van der Waals surface area contributed by atoms with Crippen LogP contribution in [0.1, 0.15) is 16.7 Å². The third kappa shape index (κ3) is 5.03. The van der Waals surface area contributed by atoms with Crippen LogP contribution in [0.25, 0.3) is 0 Å². The monoisotopic (exact) mass is 514 g/mol. The molecule has 0 atom stereocenters. The van der Waals surface area contributed by atoms with E-state index in [1.165, 1.54) is 6.07 Å². The fourth-order valence-electron chi connectivity index (χ4n) is 3.66. The Labute approximate surface area is 196 Å². The van der Waals surface area contributed by atoms with Gasteiger partial charge in [0, 0.05) is 23.2 Å². The number of sulfonamides is 1. The Hall–Kier alpha value is -2.68. The van der Waals surface area contributed by atoms with Crippen LogP contribution in [-0.2, 0) is 27.8 Å². The van der Waals surface area contributed by atoms with Crippen molar-refractivity contribution in [1.82, 2.24) is 4.72 Å². The van der Waals surface area contributed by atoms with Crippen molar-refractivity contribution < 1.29 is 17.9 Å². The summed E-state index contributed by atoms with van der Waals surface area (Å²) in [5, 5.41) is 0. The minimum absolute atomic E-state index is 0.116. The van der Waals surface area contributed by atoms with Gasteiger partial charge in [0.1, 0.15) is 5.75 Å². The predicted molar refractivity (Wildman–Crippen MR) is 127 cm³/mol. The Morgan fingerprint density at radius 1 is 1.09 bits per heavy atom. The van der Waals surface area contributed by atoms with Crippen LogP contribution in [0.4, 0.5) is 5.69 Å². The predicted octanol–water partition coefficient (Wildman–Crippen LogP) is 4.20. The van der Waals surface area contributed by atoms with Gasteiger partial charge < -0.3 is 9.64 Å². The molecule has 0 saturated carbocycles. The number of anilines is 1. The second-order valence-electron chi connectivity index (χ2n) is 7.59. The maximum atomic E-state index is 12.7. The van der Waals surface area contributed by atoms with Crippen LogP contribution < -0.4 is 14.4 Å². The van der Waals surface area contributed by atoms with Crippen LogP contribution in [0.5, 0.6) is 5.75 Å². The highest BCUT2D eigenvalue weighted by molar-refractivity contribution is 9.10. The molecular weight excluding hydrogens is 492 g/mol. The van der Waals surface area contributed by atoms with E-state index < -0.39 is 10.0 Å². The third-order valence-corrected chi connectivity index (χ3v) is 7.25. The molecule has 0 bridgehead atoms. The number of rotatable bonds is 7. The number of ether oxygens (including phenoxy) is 1. The first-order valence-electron chi connectivity index (χ1n) is 10.2. The van der Waals surface area contributed by atoms with Crippen molar-refractivity contribution in [1.29, 1.82) is 0 Å². The van der Waals surface area contributed by atoms with Crippen molar-refractivity contribution in [2.45, 2.75) is 24.8 Å². The lowest BCUT2D eigenvalue weighted by atomic mass is 10.2. The highest BCUT2D eigenvalue weighted by Gasteiger charge is 2.25. The summed E-state index contributed by atoms with van der Waals surface area (Å²) < 4.78 is 34.6. The number of amides is 1. The van der Waals surface area contributed by atoms with Crippen molar-refractivity contribution in [2.75, 3.05) is 18.1 Å². The summed E-state index contributed by atoms with van der Waals surface area (Å²) in [6.07, 6.45) is 0.808. The first kappa shape index (κ1) is 22.5. The highest BCUT2D eigenvalue weighted by Crippen LogP contribution is 2.31. The number of nitrogens with one attached hydrogen (secondary N) is 1. The van der Waals surface area contributed by atoms with E-state index in [2.05, 4.69) is 20.7 Å². The van der Waals surface area contributed by atoms with Crippen LogP contribution in [0.15, 0.2) is 76.1 Å². The Balaban J connectivity index is 1.39. The lowest BCUT2D eigenvalue weighted by Gasteiger charge is -2.18. The second-order valence-corrected chi connectivity index (χ2v) is 10.3. The van der Waals surface area contributed by atoms with E-state index in [9.17, 15) is 13.2 Å². The van der Waals surface area contributed by atoms with E-state index in [0.717, 1.165) is 27.7 Å². The zero-order valence-electron chi connectivity index (χ0n) is 17.5. The molecule has 32 heavy (non-hydrogen) atoms. The lowest BCUT2D eigenvalue weighted by molar-refractivity contribution is -0.120. The Kier molecular flexibility index (Phi) is 6.64. The largest absolute Gasteiger partial charge is 0.483 e. The maximum Gasteiger partial charge on any atom is 0.264 e. The molecule has 1 heterocycles. The van der Waals surface area contributed by atoms with E-state index in [1.807, 2.05) is 48.5 Å². The molecular formula is C24H23BrN2O4S. The number of hydrogen-bond donors (Lipinski definition) is 1. The molecule has 1 aliphatic heterocycles. The third-order valence-electron chi connectivity index (χ3n) is 5.36. The SMILES string of the molecule is Cc1cc(S(=O)(=O)NCc2ccccc2)ccc1OCC(=O)N1CCc2cc(Br)ccc21. The van der Waals surface area contributed by atoms with Crippen molar-refractivity contribution in [3.8, 4) is 5.75 Å². The number of nitrogens with zero attached hydrogens (tertiary/aromatic N) is 1. The van der Waals surface area contributed by atoms with Crippen LogP contribution in [-0.4, -0.2) is 27.5 Å². The number of benzene rings is 3. The lowest BCUT2D eigenvalue weighted by Crippen LogP contribution is -2.33. The molecule has 4 rings (SSSR count). The second kappa shape index (κ2) is 9.44. The molecule has 0 spiro atoms. The van der Waals surface area contributed by atoms with Gasteiger partial charge >= 0.3 is 0 Å². The fraction of sp³-hybridized carbons (Fsp3) is 0.208. The molecule has 0 aliphatic carbocycles. The van der Waals surface area contributed by atoms with Crippen molar-refractivity contribution in [2.24, 2.45) is 0 Å². The molecule has 1 amide bonds. The molecule has 1 N–H and O–H groups in total. The van der Waals surface area contributed by atoms with Gasteiger partial charge in [-0.1, -0.05) is 46.3 Å². The van der Waals surface area contributed by atoms with Crippen LogP contribution in [0, 0.1) is 6.92 Å². The van der Waals surface area contributed by atoms with Gasteiger partial charge in [-0.05, 0) is 66.4 Å². The molecule has 0 aromatic heterocycles. The topological polar surface area (TPSA) is 75.7 Å². The number of halogens is 1. The molecule has 166 valence electrons. The van der Waals surface area contributed by atoms with Crippen LogP contribution in [0.3, 0.4) is 0 Å². The van der Waals surface area contributed by atoms with E-state index in [4.69, 9.17) is 4.74 Å². The molecule has 3 aromatic rings. The molecule has 0 fully saturated rings. The van der Waals surface area contributed by atoms with Gasteiger partial charge in [0.2, 0.25) is 10.0 Å². The molecule has 3 aromatic carbocycles. The standard InChI is InChI=1S/C24H23BrN2O4S/c1-17-13-21(32(29,30)26-15-18-5-3-2-4-6-18)8-10-23(17)31-16-24(28)27-12-11-19-14-20(25)7-9-22(19)27/h2-10,13-14,26H,11-12,15-16H2,1H3.